The van der Waals surface area contributed by atoms with E-state index in [0.717, 1.165) is 4.90 Å². The second-order valence-electron chi connectivity index (χ2n) is 4.30. The summed E-state index contributed by atoms with van der Waals surface area (Å²) in [5, 5.41) is 19.8. The molecule has 1 aliphatic rings. The lowest BCUT2D eigenvalue weighted by Gasteiger charge is -2.15. The number of amides is 1. The van der Waals surface area contributed by atoms with Crippen molar-refractivity contribution in [1.82, 2.24) is 4.98 Å². The molecule has 8 heteroatoms. The monoisotopic (exact) mass is 265 g/mol. The van der Waals surface area contributed by atoms with Gasteiger partial charge in [0.05, 0.1) is 10.8 Å². The number of nitrogens with zero attached hydrogens (tertiary/aromatic N) is 3. The van der Waals surface area contributed by atoms with Crippen molar-refractivity contribution in [3.63, 3.8) is 0 Å². The predicted octanol–water partition coefficient (Wildman–Crippen LogP) is 0.736. The van der Waals surface area contributed by atoms with Crippen molar-refractivity contribution in [2.75, 3.05) is 11.4 Å². The number of carbonyl (C=O) groups is 2. The molecule has 2 heterocycles. The Morgan fingerprint density at radius 1 is 1.58 bits per heavy atom. The highest BCUT2D eigenvalue weighted by Crippen LogP contribution is 2.31. The van der Waals surface area contributed by atoms with Crippen LogP contribution in [0.2, 0.25) is 0 Å². The van der Waals surface area contributed by atoms with E-state index < -0.39 is 22.7 Å². The fourth-order valence-electron chi connectivity index (χ4n) is 1.95. The predicted molar refractivity (Wildman–Crippen MR) is 63.7 cm³/mol. The maximum Gasteiger partial charge on any atom is 0.312 e. The van der Waals surface area contributed by atoms with E-state index in [1.54, 1.807) is 6.92 Å². The number of aryl methyl sites for hydroxylation is 1. The molecule has 1 atom stereocenters. The number of anilines is 1. The molecule has 100 valence electrons. The summed E-state index contributed by atoms with van der Waals surface area (Å²) in [7, 11) is 0. The normalized spacial score (nSPS) is 18.7. The molecule has 1 fully saturated rings. The number of aromatic nitrogens is 1. The second kappa shape index (κ2) is 4.63. The summed E-state index contributed by atoms with van der Waals surface area (Å²) in [6, 6.07) is 2.73. The molecule has 1 unspecified atom stereocenters. The Bertz CT molecular complexity index is 571. The van der Waals surface area contributed by atoms with E-state index in [2.05, 4.69) is 4.98 Å². The van der Waals surface area contributed by atoms with Crippen LogP contribution in [-0.2, 0) is 9.59 Å². The number of aliphatic carboxylic acids is 1. The fourth-order valence-corrected chi connectivity index (χ4v) is 1.95. The van der Waals surface area contributed by atoms with Crippen LogP contribution in [0.4, 0.5) is 11.5 Å². The van der Waals surface area contributed by atoms with E-state index in [-0.39, 0.29) is 24.5 Å². The van der Waals surface area contributed by atoms with Gasteiger partial charge in [0, 0.05) is 24.7 Å². The van der Waals surface area contributed by atoms with Gasteiger partial charge in [-0.2, -0.15) is 0 Å². The molecule has 0 aliphatic carbocycles. The minimum absolute atomic E-state index is 0.0845. The van der Waals surface area contributed by atoms with Crippen LogP contribution in [-0.4, -0.2) is 33.4 Å². The molecule has 0 bridgehead atoms. The number of carboxylic acids is 1. The highest BCUT2D eigenvalue weighted by atomic mass is 16.6. The van der Waals surface area contributed by atoms with E-state index in [9.17, 15) is 19.7 Å². The molecular formula is C11H11N3O5. The van der Waals surface area contributed by atoms with E-state index in [4.69, 9.17) is 5.11 Å². The Morgan fingerprint density at radius 3 is 2.79 bits per heavy atom. The lowest BCUT2D eigenvalue weighted by Crippen LogP contribution is -2.27. The summed E-state index contributed by atoms with van der Waals surface area (Å²) >= 11 is 0. The SMILES string of the molecule is Cc1ccc([N+](=O)[O-])c(N2CC(C(=O)O)CC2=O)n1. The van der Waals surface area contributed by atoms with Crippen molar-refractivity contribution < 1.29 is 19.6 Å². The van der Waals surface area contributed by atoms with Gasteiger partial charge in [-0.15, -0.1) is 0 Å². The van der Waals surface area contributed by atoms with E-state index >= 15 is 0 Å². The molecule has 0 saturated carbocycles. The quantitative estimate of drug-likeness (QED) is 0.636. The highest BCUT2D eigenvalue weighted by Gasteiger charge is 2.38. The zero-order valence-corrected chi connectivity index (χ0v) is 10.1. The van der Waals surface area contributed by atoms with Gasteiger partial charge in [-0.25, -0.2) is 4.98 Å². The first kappa shape index (κ1) is 12.9. The molecule has 0 aromatic carbocycles. The molecule has 1 saturated heterocycles. The zero-order valence-electron chi connectivity index (χ0n) is 10.1. The van der Waals surface area contributed by atoms with Gasteiger partial charge in [0.2, 0.25) is 11.7 Å². The Balaban J connectivity index is 2.42. The van der Waals surface area contributed by atoms with Gasteiger partial charge in [-0.05, 0) is 13.0 Å². The van der Waals surface area contributed by atoms with Crippen LogP contribution < -0.4 is 4.90 Å². The molecule has 0 spiro atoms. The molecule has 2 rings (SSSR count). The summed E-state index contributed by atoms with van der Waals surface area (Å²) in [5.41, 5.74) is 0.220. The van der Waals surface area contributed by atoms with Gasteiger partial charge >= 0.3 is 11.7 Å². The minimum atomic E-state index is -1.09. The number of hydrogen-bond acceptors (Lipinski definition) is 5. The van der Waals surface area contributed by atoms with Gasteiger partial charge in [0.25, 0.3) is 0 Å². The van der Waals surface area contributed by atoms with Crippen molar-refractivity contribution in [2.24, 2.45) is 5.92 Å². The smallest absolute Gasteiger partial charge is 0.312 e. The lowest BCUT2D eigenvalue weighted by molar-refractivity contribution is -0.384. The summed E-state index contributed by atoms with van der Waals surface area (Å²) in [6.07, 6.45) is -0.165. The standard InChI is InChI=1S/C11H11N3O5/c1-6-2-3-8(14(18)19)10(12-6)13-5-7(11(16)17)4-9(13)15/h2-3,7H,4-5H2,1H3,(H,16,17). The van der Waals surface area contributed by atoms with Gasteiger partial charge < -0.3 is 5.11 Å². The second-order valence-corrected chi connectivity index (χ2v) is 4.30. The number of carbonyl (C=O) groups excluding carboxylic acids is 1. The van der Waals surface area contributed by atoms with Gasteiger partial charge in [0.15, 0.2) is 0 Å². The molecule has 1 aliphatic heterocycles. The Labute approximate surface area is 107 Å². The van der Waals surface area contributed by atoms with Gasteiger partial charge in [0.1, 0.15) is 0 Å². The minimum Gasteiger partial charge on any atom is -0.481 e. The molecule has 0 radical (unpaired) electrons. The molecular weight excluding hydrogens is 254 g/mol. The van der Waals surface area contributed by atoms with E-state index in [1.165, 1.54) is 12.1 Å². The number of carboxylic acid groups (broad SMARTS) is 1. The van der Waals surface area contributed by atoms with E-state index in [1.807, 2.05) is 0 Å². The molecule has 8 nitrogen and oxygen atoms in total. The van der Waals surface area contributed by atoms with Crippen molar-refractivity contribution in [2.45, 2.75) is 13.3 Å². The topological polar surface area (TPSA) is 114 Å². The van der Waals surface area contributed by atoms with Crippen LogP contribution in [0.5, 0.6) is 0 Å². The first-order valence-corrected chi connectivity index (χ1v) is 5.55. The fraction of sp³-hybridized carbons (Fsp3) is 0.364. The average molecular weight is 265 g/mol. The molecule has 1 aromatic heterocycles. The Hall–Kier alpha value is -2.51. The zero-order chi connectivity index (χ0) is 14.2. The van der Waals surface area contributed by atoms with Crippen LogP contribution in [0.15, 0.2) is 12.1 Å². The molecule has 1 N–H and O–H groups in total. The first-order valence-electron chi connectivity index (χ1n) is 5.55. The summed E-state index contributed by atoms with van der Waals surface area (Å²) < 4.78 is 0. The van der Waals surface area contributed by atoms with Crippen LogP contribution in [0, 0.1) is 23.0 Å². The first-order chi connectivity index (χ1) is 8.90. The van der Waals surface area contributed by atoms with Crippen LogP contribution in [0.25, 0.3) is 0 Å². The molecule has 19 heavy (non-hydrogen) atoms. The third kappa shape index (κ3) is 2.37. The number of nitro groups is 1. The van der Waals surface area contributed by atoms with Crippen LogP contribution in [0.1, 0.15) is 12.1 Å². The maximum atomic E-state index is 11.8. The maximum absolute atomic E-state index is 11.8. The third-order valence-corrected chi connectivity index (χ3v) is 2.92. The number of hydrogen-bond donors (Lipinski definition) is 1. The van der Waals surface area contributed by atoms with Crippen molar-refractivity contribution in [1.29, 1.82) is 0 Å². The summed E-state index contributed by atoms with van der Waals surface area (Å²) in [4.78, 5) is 38.0. The molecule has 1 amide bonds. The van der Waals surface area contributed by atoms with Crippen molar-refractivity contribution in [3.8, 4) is 0 Å². The number of pyridine rings is 1. The van der Waals surface area contributed by atoms with Crippen LogP contribution in [0.3, 0.4) is 0 Å². The molecule has 1 aromatic rings. The highest BCUT2D eigenvalue weighted by molar-refractivity contribution is 5.99. The largest absolute Gasteiger partial charge is 0.481 e. The van der Waals surface area contributed by atoms with E-state index in [0.29, 0.717) is 5.69 Å². The lowest BCUT2D eigenvalue weighted by atomic mass is 10.1. The summed E-state index contributed by atoms with van der Waals surface area (Å²) in [6.45, 7) is 1.55. The third-order valence-electron chi connectivity index (χ3n) is 2.92. The summed E-state index contributed by atoms with van der Waals surface area (Å²) in [5.74, 6) is -2.49. The van der Waals surface area contributed by atoms with Crippen molar-refractivity contribution >= 4 is 23.4 Å². The van der Waals surface area contributed by atoms with Gasteiger partial charge in [-0.1, -0.05) is 0 Å². The van der Waals surface area contributed by atoms with Gasteiger partial charge in [-0.3, -0.25) is 24.6 Å². The Morgan fingerprint density at radius 2 is 2.26 bits per heavy atom. The average Bonchev–Trinajstić information content (AvgIpc) is 2.71. The van der Waals surface area contributed by atoms with Crippen molar-refractivity contribution in [3.05, 3.63) is 27.9 Å². The number of rotatable bonds is 3. The Kier molecular flexibility index (Phi) is 3.16. The van der Waals surface area contributed by atoms with Crippen LogP contribution >= 0.6 is 0 Å².